The van der Waals surface area contributed by atoms with Crippen LogP contribution in [0.1, 0.15) is 42.5 Å². The van der Waals surface area contributed by atoms with E-state index in [-0.39, 0.29) is 11.3 Å². The molecule has 4 heteroatoms. The third kappa shape index (κ3) is 3.26. The molecule has 0 unspecified atom stereocenters. The maximum absolute atomic E-state index is 12.1. The van der Waals surface area contributed by atoms with Crippen LogP contribution in [-0.4, -0.2) is 15.5 Å². The summed E-state index contributed by atoms with van der Waals surface area (Å²) < 4.78 is 1.89. The Bertz CT molecular complexity index is 591. The fourth-order valence-electron chi connectivity index (χ4n) is 1.95. The molecule has 0 atom stereocenters. The number of aromatic nitrogens is 2. The second-order valence-electron chi connectivity index (χ2n) is 5.96. The molecule has 0 fully saturated rings. The molecular formula is C16H21N3O. The minimum absolute atomic E-state index is 0.0755. The molecule has 0 saturated carbocycles. The van der Waals surface area contributed by atoms with Gasteiger partial charge < -0.3 is 9.88 Å². The molecule has 1 aromatic heterocycles. The molecule has 0 saturated heterocycles. The first kappa shape index (κ1) is 14.3. The second-order valence-corrected chi connectivity index (χ2v) is 5.96. The summed E-state index contributed by atoms with van der Waals surface area (Å²) in [7, 11) is 1.91. The van der Waals surface area contributed by atoms with Crippen molar-refractivity contribution < 1.29 is 4.79 Å². The summed E-state index contributed by atoms with van der Waals surface area (Å²) in [5.41, 5.74) is 1.99. The number of amides is 1. The molecule has 1 aromatic carbocycles. The lowest BCUT2D eigenvalue weighted by Gasteiger charge is -2.19. The zero-order valence-electron chi connectivity index (χ0n) is 12.5. The van der Waals surface area contributed by atoms with Gasteiger partial charge in [0, 0.05) is 25.0 Å². The number of hydrogen-bond donors (Lipinski definition) is 1. The first-order chi connectivity index (χ1) is 9.38. The zero-order valence-corrected chi connectivity index (χ0v) is 12.5. The van der Waals surface area contributed by atoms with E-state index in [1.165, 1.54) is 5.56 Å². The third-order valence-corrected chi connectivity index (χ3v) is 3.34. The van der Waals surface area contributed by atoms with Gasteiger partial charge in [0.1, 0.15) is 5.82 Å². The summed E-state index contributed by atoms with van der Waals surface area (Å²) in [6.07, 6.45) is 3.58. The minimum Gasteiger partial charge on any atom is -0.345 e. The molecule has 1 N–H and O–H groups in total. The van der Waals surface area contributed by atoms with E-state index in [0.29, 0.717) is 12.1 Å². The van der Waals surface area contributed by atoms with Crippen molar-refractivity contribution in [3.05, 3.63) is 53.6 Å². The smallest absolute Gasteiger partial charge is 0.251 e. The van der Waals surface area contributed by atoms with Gasteiger partial charge in [-0.15, -0.1) is 0 Å². The van der Waals surface area contributed by atoms with Crippen molar-refractivity contribution in [3.8, 4) is 0 Å². The molecule has 20 heavy (non-hydrogen) atoms. The fourth-order valence-corrected chi connectivity index (χ4v) is 1.95. The Morgan fingerprint density at radius 1 is 1.25 bits per heavy atom. The van der Waals surface area contributed by atoms with Crippen LogP contribution in [0, 0.1) is 0 Å². The number of aryl methyl sites for hydroxylation is 1. The predicted molar refractivity (Wildman–Crippen MR) is 79.5 cm³/mol. The van der Waals surface area contributed by atoms with Gasteiger partial charge in [-0.2, -0.15) is 0 Å². The summed E-state index contributed by atoms with van der Waals surface area (Å²) in [5.74, 6) is 0.762. The third-order valence-electron chi connectivity index (χ3n) is 3.34. The van der Waals surface area contributed by atoms with Crippen molar-refractivity contribution in [2.24, 2.45) is 7.05 Å². The first-order valence-corrected chi connectivity index (χ1v) is 6.73. The Kier molecular flexibility index (Phi) is 3.93. The van der Waals surface area contributed by atoms with Crippen LogP contribution in [0.15, 0.2) is 36.7 Å². The Balaban J connectivity index is 2.01. The number of carbonyl (C=O) groups is 1. The van der Waals surface area contributed by atoms with Gasteiger partial charge in [-0.1, -0.05) is 32.9 Å². The number of rotatable bonds is 3. The van der Waals surface area contributed by atoms with E-state index in [0.717, 1.165) is 5.82 Å². The van der Waals surface area contributed by atoms with E-state index in [1.54, 1.807) is 6.20 Å². The van der Waals surface area contributed by atoms with E-state index < -0.39 is 0 Å². The largest absolute Gasteiger partial charge is 0.345 e. The van der Waals surface area contributed by atoms with E-state index in [9.17, 15) is 4.79 Å². The Hall–Kier alpha value is -2.10. The number of carbonyl (C=O) groups excluding carboxylic acids is 1. The van der Waals surface area contributed by atoms with E-state index in [4.69, 9.17) is 0 Å². The van der Waals surface area contributed by atoms with Crippen LogP contribution in [0.25, 0.3) is 0 Å². The predicted octanol–water partition coefficient (Wildman–Crippen LogP) is 2.65. The zero-order chi connectivity index (χ0) is 14.8. The van der Waals surface area contributed by atoms with Crippen molar-refractivity contribution >= 4 is 5.91 Å². The van der Waals surface area contributed by atoms with Crippen LogP contribution in [0.5, 0.6) is 0 Å². The van der Waals surface area contributed by atoms with Crippen LogP contribution in [0.3, 0.4) is 0 Å². The van der Waals surface area contributed by atoms with Gasteiger partial charge in [-0.25, -0.2) is 4.98 Å². The van der Waals surface area contributed by atoms with Crippen LogP contribution in [0.4, 0.5) is 0 Å². The van der Waals surface area contributed by atoms with Gasteiger partial charge in [0.2, 0.25) is 0 Å². The molecule has 0 bridgehead atoms. The molecule has 0 aliphatic rings. The van der Waals surface area contributed by atoms with Gasteiger partial charge in [-0.3, -0.25) is 4.79 Å². The van der Waals surface area contributed by atoms with Crippen molar-refractivity contribution in [1.29, 1.82) is 0 Å². The average molecular weight is 271 g/mol. The average Bonchev–Trinajstić information content (AvgIpc) is 2.81. The monoisotopic (exact) mass is 271 g/mol. The van der Waals surface area contributed by atoms with Crippen molar-refractivity contribution in [2.45, 2.75) is 32.7 Å². The van der Waals surface area contributed by atoms with Crippen molar-refractivity contribution in [1.82, 2.24) is 14.9 Å². The van der Waals surface area contributed by atoms with Crippen molar-refractivity contribution in [2.75, 3.05) is 0 Å². The van der Waals surface area contributed by atoms with Gasteiger partial charge >= 0.3 is 0 Å². The summed E-state index contributed by atoms with van der Waals surface area (Å²) in [6.45, 7) is 6.90. The van der Waals surface area contributed by atoms with E-state index in [1.807, 2.05) is 42.1 Å². The quantitative estimate of drug-likeness (QED) is 0.933. The number of nitrogens with zero attached hydrogens (tertiary/aromatic N) is 2. The summed E-state index contributed by atoms with van der Waals surface area (Å²) in [4.78, 5) is 16.2. The lowest BCUT2D eigenvalue weighted by atomic mass is 9.87. The maximum atomic E-state index is 12.1. The van der Waals surface area contributed by atoms with Gasteiger partial charge in [0.15, 0.2) is 0 Å². The molecule has 0 spiro atoms. The SMILES string of the molecule is Cn1ccnc1CNC(=O)c1ccc(C(C)(C)C)cc1. The van der Waals surface area contributed by atoms with Gasteiger partial charge in [0.25, 0.3) is 5.91 Å². The van der Waals surface area contributed by atoms with Gasteiger partial charge in [0.05, 0.1) is 6.54 Å². The molecular weight excluding hydrogens is 250 g/mol. The molecule has 4 nitrogen and oxygen atoms in total. The Morgan fingerprint density at radius 2 is 1.90 bits per heavy atom. The van der Waals surface area contributed by atoms with Crippen LogP contribution in [0.2, 0.25) is 0 Å². The standard InChI is InChI=1S/C16H21N3O/c1-16(2,3)13-7-5-12(6-8-13)15(20)18-11-14-17-9-10-19(14)4/h5-10H,11H2,1-4H3,(H,18,20). The number of hydrogen-bond acceptors (Lipinski definition) is 2. The van der Waals surface area contributed by atoms with Gasteiger partial charge in [-0.05, 0) is 23.1 Å². The molecule has 0 aliphatic heterocycles. The second kappa shape index (κ2) is 5.49. The Labute approximate surface area is 119 Å². The molecule has 0 radical (unpaired) electrons. The van der Waals surface area contributed by atoms with E-state index in [2.05, 4.69) is 31.1 Å². The topological polar surface area (TPSA) is 46.9 Å². The molecule has 2 aromatic rings. The Morgan fingerprint density at radius 3 is 2.40 bits per heavy atom. The summed E-state index contributed by atoms with van der Waals surface area (Å²) in [6, 6.07) is 7.76. The normalized spacial score (nSPS) is 11.4. The maximum Gasteiger partial charge on any atom is 0.251 e. The highest BCUT2D eigenvalue weighted by atomic mass is 16.1. The molecule has 2 rings (SSSR count). The highest BCUT2D eigenvalue weighted by Crippen LogP contribution is 2.22. The lowest BCUT2D eigenvalue weighted by molar-refractivity contribution is 0.0949. The van der Waals surface area contributed by atoms with Crippen LogP contribution >= 0.6 is 0 Å². The number of nitrogens with one attached hydrogen (secondary N) is 1. The molecule has 106 valence electrons. The molecule has 1 heterocycles. The summed E-state index contributed by atoms with van der Waals surface area (Å²) >= 11 is 0. The molecule has 0 aliphatic carbocycles. The van der Waals surface area contributed by atoms with Crippen molar-refractivity contribution in [3.63, 3.8) is 0 Å². The van der Waals surface area contributed by atoms with Crippen LogP contribution in [-0.2, 0) is 19.0 Å². The minimum atomic E-state index is -0.0755. The lowest BCUT2D eigenvalue weighted by Crippen LogP contribution is -2.24. The highest BCUT2D eigenvalue weighted by molar-refractivity contribution is 5.94. The summed E-state index contributed by atoms with van der Waals surface area (Å²) in [5, 5.41) is 2.88. The fraction of sp³-hybridized carbons (Fsp3) is 0.375. The van der Waals surface area contributed by atoms with Crippen LogP contribution < -0.4 is 5.32 Å². The van der Waals surface area contributed by atoms with E-state index >= 15 is 0 Å². The number of benzene rings is 1. The first-order valence-electron chi connectivity index (χ1n) is 6.73. The number of imidazole rings is 1. The molecule has 1 amide bonds. The highest BCUT2D eigenvalue weighted by Gasteiger charge is 2.14.